The zero-order chi connectivity index (χ0) is 17.6. The molecule has 0 amide bonds. The van der Waals surface area contributed by atoms with E-state index >= 15 is 0 Å². The minimum Gasteiger partial charge on any atom is -0.422 e. The van der Waals surface area contributed by atoms with E-state index in [2.05, 4.69) is 40.2 Å². The van der Waals surface area contributed by atoms with Crippen molar-refractivity contribution in [3.63, 3.8) is 0 Å². The average Bonchev–Trinajstić information content (AvgIpc) is 3.39. The van der Waals surface area contributed by atoms with Crippen LogP contribution in [0.25, 0.3) is 5.57 Å². The Morgan fingerprint density at radius 3 is 2.60 bits per heavy atom. The van der Waals surface area contributed by atoms with Gasteiger partial charge in [-0.25, -0.2) is 4.79 Å². The number of fused-ring (bicyclic) bond motifs is 3. The predicted molar refractivity (Wildman–Crippen MR) is 103 cm³/mol. The maximum Gasteiger partial charge on any atom is 0.343 e. The molecule has 126 valence electrons. The predicted octanol–water partition coefficient (Wildman–Crippen LogP) is 6.10. The third-order valence-corrected chi connectivity index (χ3v) is 5.32. The number of carbonyl (C=O) groups excluding carboxylic acids is 1. The van der Waals surface area contributed by atoms with E-state index in [1.165, 1.54) is 17.5 Å². The second-order valence-corrected chi connectivity index (χ2v) is 7.82. The van der Waals surface area contributed by atoms with Crippen LogP contribution in [0.3, 0.4) is 0 Å². The summed E-state index contributed by atoms with van der Waals surface area (Å²) < 4.78 is 6.95. The number of hydrogen-bond acceptors (Lipinski definition) is 2. The van der Waals surface area contributed by atoms with E-state index < -0.39 is 0 Å². The van der Waals surface area contributed by atoms with Crippen LogP contribution in [0.4, 0.5) is 0 Å². The van der Waals surface area contributed by atoms with Crippen molar-refractivity contribution in [3.05, 3.63) is 87.1 Å². The van der Waals surface area contributed by atoms with Gasteiger partial charge >= 0.3 is 5.97 Å². The number of carbonyl (C=O) groups is 1. The second kappa shape index (κ2) is 6.30. The number of benzene rings is 2. The molecule has 2 atom stereocenters. The first-order valence-electron chi connectivity index (χ1n) is 8.51. The molecule has 0 saturated heterocycles. The van der Waals surface area contributed by atoms with Gasteiger partial charge in [-0.2, -0.15) is 0 Å². The van der Waals surface area contributed by atoms with Gasteiger partial charge in [0.2, 0.25) is 0 Å². The highest BCUT2D eigenvalue weighted by atomic mass is 79.9. The van der Waals surface area contributed by atoms with Gasteiger partial charge in [-0.3, -0.25) is 0 Å². The second-order valence-electron chi connectivity index (χ2n) is 6.90. The summed E-state index contributed by atoms with van der Waals surface area (Å²) in [7, 11) is 0. The molecule has 25 heavy (non-hydrogen) atoms. The lowest BCUT2D eigenvalue weighted by Crippen LogP contribution is -2.10. The summed E-state index contributed by atoms with van der Waals surface area (Å²) in [6.07, 6.45) is 3.46. The molecule has 0 bridgehead atoms. The topological polar surface area (TPSA) is 26.3 Å². The van der Waals surface area contributed by atoms with Gasteiger partial charge in [0.15, 0.2) is 0 Å². The molecule has 2 aromatic carbocycles. The van der Waals surface area contributed by atoms with E-state index in [0.717, 1.165) is 15.6 Å². The van der Waals surface area contributed by atoms with Gasteiger partial charge in [-0.15, -0.1) is 0 Å². The third kappa shape index (κ3) is 3.09. The fraction of sp³-hybridized carbons (Fsp3) is 0.227. The molecule has 0 N–H and O–H groups in total. The van der Waals surface area contributed by atoms with Crippen LogP contribution < -0.4 is 0 Å². The van der Waals surface area contributed by atoms with E-state index in [0.29, 0.717) is 23.2 Å². The molecule has 3 heteroatoms. The first-order chi connectivity index (χ1) is 12.0. The van der Waals surface area contributed by atoms with Gasteiger partial charge in [-0.05, 0) is 73.1 Å². The largest absolute Gasteiger partial charge is 0.422 e. The Morgan fingerprint density at radius 2 is 1.88 bits per heavy atom. The van der Waals surface area contributed by atoms with Crippen molar-refractivity contribution < 1.29 is 9.53 Å². The van der Waals surface area contributed by atoms with E-state index in [9.17, 15) is 4.79 Å². The Morgan fingerprint density at radius 1 is 1.12 bits per heavy atom. The number of ether oxygens (including phenoxy) is 1. The third-order valence-electron chi connectivity index (χ3n) is 4.83. The van der Waals surface area contributed by atoms with Crippen LogP contribution in [0.5, 0.6) is 0 Å². The summed E-state index contributed by atoms with van der Waals surface area (Å²) in [5, 5.41) is 0. The Hall–Kier alpha value is -2.13. The van der Waals surface area contributed by atoms with Crippen LogP contribution in [0.15, 0.2) is 70.4 Å². The zero-order valence-corrected chi connectivity index (χ0v) is 15.8. The number of esters is 1. The highest BCUT2D eigenvalue weighted by Crippen LogP contribution is 2.56. The number of hydrogen-bond donors (Lipinski definition) is 0. The summed E-state index contributed by atoms with van der Waals surface area (Å²) in [4.78, 5) is 12.6. The average molecular weight is 395 g/mol. The molecule has 2 aliphatic rings. The van der Waals surface area contributed by atoms with Crippen LogP contribution in [-0.4, -0.2) is 5.97 Å². The van der Waals surface area contributed by atoms with E-state index in [1.807, 2.05) is 32.0 Å². The van der Waals surface area contributed by atoms with Gasteiger partial charge in [0.25, 0.3) is 0 Å². The monoisotopic (exact) mass is 394 g/mol. The molecule has 0 aromatic heterocycles. The Balaban J connectivity index is 1.72. The van der Waals surface area contributed by atoms with Crippen LogP contribution in [0, 0.1) is 5.92 Å². The number of halogens is 1. The van der Waals surface area contributed by atoms with Gasteiger partial charge < -0.3 is 4.74 Å². The molecule has 4 rings (SSSR count). The number of rotatable bonds is 3. The molecule has 1 saturated carbocycles. The van der Waals surface area contributed by atoms with Crippen LogP contribution in [0.2, 0.25) is 0 Å². The Kier molecular flexibility index (Phi) is 4.12. The fourth-order valence-electron chi connectivity index (χ4n) is 3.50. The van der Waals surface area contributed by atoms with E-state index in [4.69, 9.17) is 4.74 Å². The molecule has 2 aliphatic carbocycles. The quantitative estimate of drug-likeness (QED) is 0.464. The molecule has 2 aromatic rings. The molecule has 2 unspecified atom stereocenters. The maximum atomic E-state index is 12.6. The smallest absolute Gasteiger partial charge is 0.343 e. The minimum absolute atomic E-state index is 0.311. The molecular formula is C22H19BrO2. The Bertz CT molecular complexity index is 905. The molecule has 0 spiro atoms. The minimum atomic E-state index is -0.311. The summed E-state index contributed by atoms with van der Waals surface area (Å²) >= 11 is 3.58. The van der Waals surface area contributed by atoms with E-state index in [-0.39, 0.29) is 5.97 Å². The highest BCUT2D eigenvalue weighted by molar-refractivity contribution is 9.10. The summed E-state index contributed by atoms with van der Waals surface area (Å²) in [5.74, 6) is 1.54. The molecule has 2 nitrogen and oxygen atoms in total. The fourth-order valence-corrected chi connectivity index (χ4v) is 3.87. The molecular weight excluding hydrogens is 376 g/mol. The van der Waals surface area contributed by atoms with E-state index in [1.54, 1.807) is 12.1 Å². The lowest BCUT2D eigenvalue weighted by Gasteiger charge is -2.21. The van der Waals surface area contributed by atoms with Crippen molar-refractivity contribution in [2.24, 2.45) is 5.92 Å². The first kappa shape index (κ1) is 16.3. The van der Waals surface area contributed by atoms with Gasteiger partial charge in [0.05, 0.1) is 5.56 Å². The van der Waals surface area contributed by atoms with Gasteiger partial charge in [0, 0.05) is 10.0 Å². The normalized spacial score (nSPS) is 20.0. The Labute approximate surface area is 156 Å². The lowest BCUT2D eigenvalue weighted by molar-refractivity contribution is 0.0637. The van der Waals surface area contributed by atoms with Gasteiger partial charge in [-0.1, -0.05) is 46.3 Å². The molecule has 0 aliphatic heterocycles. The first-order valence-corrected chi connectivity index (χ1v) is 9.30. The van der Waals surface area contributed by atoms with Crippen molar-refractivity contribution in [2.45, 2.75) is 26.2 Å². The van der Waals surface area contributed by atoms with Crippen LogP contribution >= 0.6 is 15.9 Å². The van der Waals surface area contributed by atoms with Crippen molar-refractivity contribution in [1.29, 1.82) is 0 Å². The number of allylic oxidation sites excluding steroid dienone is 3. The van der Waals surface area contributed by atoms with Crippen LogP contribution in [-0.2, 0) is 4.74 Å². The summed E-state index contributed by atoms with van der Waals surface area (Å²) in [6.45, 7) is 3.98. The van der Waals surface area contributed by atoms with Crippen molar-refractivity contribution in [2.75, 3.05) is 0 Å². The van der Waals surface area contributed by atoms with Crippen LogP contribution in [0.1, 0.15) is 47.7 Å². The highest BCUT2D eigenvalue weighted by Gasteiger charge is 2.42. The SMILES string of the molecule is CC(C)=C(OC(=O)c1ccccc1)C1=CC2CC2c2cc(Br)ccc21. The van der Waals surface area contributed by atoms with Crippen molar-refractivity contribution in [3.8, 4) is 0 Å². The van der Waals surface area contributed by atoms with Crippen molar-refractivity contribution in [1.82, 2.24) is 0 Å². The van der Waals surface area contributed by atoms with Crippen molar-refractivity contribution >= 4 is 27.5 Å². The zero-order valence-electron chi connectivity index (χ0n) is 14.3. The standard InChI is InChI=1S/C22H19BrO2/c1-13(2)21(25-22(24)14-6-4-3-5-7-14)20-11-15-10-18(15)19-12-16(23)8-9-17(19)20/h3-9,11-12,15,18H,10H2,1-2H3. The van der Waals surface area contributed by atoms with Gasteiger partial charge in [0.1, 0.15) is 5.76 Å². The summed E-state index contributed by atoms with van der Waals surface area (Å²) in [6, 6.07) is 15.5. The molecule has 0 heterocycles. The maximum absolute atomic E-state index is 12.6. The molecule has 1 fully saturated rings. The summed E-state index contributed by atoms with van der Waals surface area (Å²) in [5.41, 5.74) is 5.15. The molecule has 0 radical (unpaired) electrons. The lowest BCUT2D eigenvalue weighted by atomic mass is 9.89.